The lowest BCUT2D eigenvalue weighted by atomic mass is 10.1. The van der Waals surface area contributed by atoms with E-state index in [0.717, 1.165) is 18.4 Å². The van der Waals surface area contributed by atoms with E-state index in [-0.39, 0.29) is 5.69 Å². The van der Waals surface area contributed by atoms with Gasteiger partial charge in [-0.2, -0.15) is 13.2 Å². The van der Waals surface area contributed by atoms with E-state index < -0.39 is 33.7 Å². The molecule has 0 saturated heterocycles. The van der Waals surface area contributed by atoms with Crippen LogP contribution in [0.25, 0.3) is 0 Å². The van der Waals surface area contributed by atoms with Crippen molar-refractivity contribution in [3.8, 4) is 5.75 Å². The van der Waals surface area contributed by atoms with Crippen molar-refractivity contribution in [3.63, 3.8) is 0 Å². The summed E-state index contributed by atoms with van der Waals surface area (Å²) < 4.78 is 69.0. The predicted molar refractivity (Wildman–Crippen MR) is 99.9 cm³/mol. The Morgan fingerprint density at radius 1 is 1.14 bits per heavy atom. The third-order valence-corrected chi connectivity index (χ3v) is 5.12. The Labute approximate surface area is 161 Å². The van der Waals surface area contributed by atoms with Crippen LogP contribution in [0, 0.1) is 0 Å². The molecular weight excluding hydrogens is 397 g/mol. The van der Waals surface area contributed by atoms with Gasteiger partial charge in [0.1, 0.15) is 11.8 Å². The normalized spacial score (nSPS) is 12.9. The molecule has 0 heterocycles. The molecule has 0 aliphatic carbocycles. The Morgan fingerprint density at radius 3 is 2.25 bits per heavy atom. The van der Waals surface area contributed by atoms with Crippen molar-refractivity contribution in [1.82, 2.24) is 0 Å². The number of carbonyl (C=O) groups is 1. The molecule has 0 radical (unpaired) electrons. The lowest BCUT2D eigenvalue weighted by Crippen LogP contribution is -2.45. The van der Waals surface area contributed by atoms with Gasteiger partial charge in [-0.1, -0.05) is 6.07 Å². The number of carbonyl (C=O) groups excluding carboxylic acids is 1. The minimum atomic E-state index is -4.65. The van der Waals surface area contributed by atoms with Crippen molar-refractivity contribution in [3.05, 3.63) is 54.1 Å². The molecule has 0 aromatic heterocycles. The van der Waals surface area contributed by atoms with Crippen molar-refractivity contribution in [2.24, 2.45) is 0 Å². The zero-order chi connectivity index (χ0) is 21.1. The van der Waals surface area contributed by atoms with Crippen LogP contribution in [0.4, 0.5) is 24.5 Å². The van der Waals surface area contributed by atoms with E-state index in [0.29, 0.717) is 21.8 Å². The molecule has 0 unspecified atom stereocenters. The second-order valence-corrected chi connectivity index (χ2v) is 7.86. The molecule has 1 N–H and O–H groups in total. The number of ether oxygens (including phenoxy) is 1. The Morgan fingerprint density at radius 2 is 1.75 bits per heavy atom. The highest BCUT2D eigenvalue weighted by Gasteiger charge is 2.34. The van der Waals surface area contributed by atoms with Crippen molar-refractivity contribution in [2.45, 2.75) is 19.1 Å². The number of nitrogens with one attached hydrogen (secondary N) is 1. The highest BCUT2D eigenvalue weighted by atomic mass is 32.2. The average Bonchev–Trinajstić information content (AvgIpc) is 2.60. The molecule has 28 heavy (non-hydrogen) atoms. The topological polar surface area (TPSA) is 75.7 Å². The van der Waals surface area contributed by atoms with E-state index >= 15 is 0 Å². The van der Waals surface area contributed by atoms with Crippen LogP contribution in [-0.4, -0.2) is 33.7 Å². The first-order valence-electron chi connectivity index (χ1n) is 8.05. The number of hydrogen-bond acceptors (Lipinski definition) is 4. The smallest absolute Gasteiger partial charge is 0.416 e. The molecule has 0 aliphatic rings. The number of sulfonamides is 1. The van der Waals surface area contributed by atoms with Gasteiger partial charge in [0, 0.05) is 5.69 Å². The lowest BCUT2D eigenvalue weighted by Gasteiger charge is -2.28. The van der Waals surface area contributed by atoms with Crippen LogP contribution in [0.1, 0.15) is 12.5 Å². The highest BCUT2D eigenvalue weighted by molar-refractivity contribution is 7.92. The summed E-state index contributed by atoms with van der Waals surface area (Å²) >= 11 is 0. The fourth-order valence-electron chi connectivity index (χ4n) is 2.55. The highest BCUT2D eigenvalue weighted by Crippen LogP contribution is 2.33. The molecule has 0 spiro atoms. The van der Waals surface area contributed by atoms with Gasteiger partial charge < -0.3 is 10.1 Å². The molecule has 0 aliphatic heterocycles. The Kier molecular flexibility index (Phi) is 6.23. The first-order valence-corrected chi connectivity index (χ1v) is 9.90. The minimum absolute atomic E-state index is 0.255. The number of methoxy groups -OCH3 is 1. The second kappa shape index (κ2) is 8.09. The van der Waals surface area contributed by atoms with Gasteiger partial charge >= 0.3 is 6.18 Å². The summed E-state index contributed by atoms with van der Waals surface area (Å²) in [7, 11) is -2.56. The van der Waals surface area contributed by atoms with Crippen LogP contribution < -0.4 is 14.4 Å². The van der Waals surface area contributed by atoms with Gasteiger partial charge in [-0.05, 0) is 49.4 Å². The quantitative estimate of drug-likeness (QED) is 0.782. The van der Waals surface area contributed by atoms with E-state index in [1.54, 1.807) is 24.3 Å². The van der Waals surface area contributed by atoms with Crippen molar-refractivity contribution in [1.29, 1.82) is 0 Å². The van der Waals surface area contributed by atoms with E-state index in [1.807, 2.05) is 0 Å². The van der Waals surface area contributed by atoms with Gasteiger partial charge in [-0.15, -0.1) is 0 Å². The first kappa shape index (κ1) is 21.5. The maximum atomic E-state index is 13.0. The molecule has 2 rings (SSSR count). The van der Waals surface area contributed by atoms with Crippen LogP contribution in [0.3, 0.4) is 0 Å². The molecule has 0 bridgehead atoms. The van der Waals surface area contributed by atoms with Gasteiger partial charge in [0.05, 0.1) is 24.6 Å². The van der Waals surface area contributed by atoms with E-state index in [2.05, 4.69) is 5.32 Å². The fraction of sp³-hybridized carbons (Fsp3) is 0.278. The average molecular weight is 416 g/mol. The summed E-state index contributed by atoms with van der Waals surface area (Å²) in [6.07, 6.45) is -3.82. The summed E-state index contributed by atoms with van der Waals surface area (Å²) in [4.78, 5) is 12.5. The SMILES string of the molecule is COc1ccc(NC(=O)[C@H](C)N(c2cccc(C(F)(F)F)c2)S(C)(=O)=O)cc1. The number of benzene rings is 2. The molecular formula is C18H19F3N2O4S. The molecule has 10 heteroatoms. The standard InChI is InChI=1S/C18H19F3N2O4S/c1-12(17(24)22-14-7-9-16(27-2)10-8-14)23(28(3,25)26)15-6-4-5-13(11-15)18(19,20)21/h4-12H,1-3H3,(H,22,24)/t12-/m0/s1. The molecule has 2 aromatic carbocycles. The lowest BCUT2D eigenvalue weighted by molar-refractivity contribution is -0.137. The van der Waals surface area contributed by atoms with E-state index in [1.165, 1.54) is 20.1 Å². The van der Waals surface area contributed by atoms with Crippen LogP contribution >= 0.6 is 0 Å². The maximum Gasteiger partial charge on any atom is 0.416 e. The molecule has 2 aromatic rings. The van der Waals surface area contributed by atoms with Crippen LogP contribution in [0.15, 0.2) is 48.5 Å². The Hall–Kier alpha value is -2.75. The number of halogens is 3. The monoisotopic (exact) mass is 416 g/mol. The molecule has 0 saturated carbocycles. The molecule has 0 fully saturated rings. The third kappa shape index (κ3) is 5.16. The Balaban J connectivity index is 2.33. The second-order valence-electron chi connectivity index (χ2n) is 6.00. The van der Waals surface area contributed by atoms with Crippen LogP contribution in [0.2, 0.25) is 0 Å². The van der Waals surface area contributed by atoms with Crippen LogP contribution in [0.5, 0.6) is 5.75 Å². The van der Waals surface area contributed by atoms with Crippen molar-refractivity contribution < 1.29 is 31.1 Å². The van der Waals surface area contributed by atoms with E-state index in [9.17, 15) is 26.4 Å². The van der Waals surface area contributed by atoms with Gasteiger partial charge in [-0.25, -0.2) is 8.42 Å². The Bertz CT molecular complexity index is 944. The zero-order valence-electron chi connectivity index (χ0n) is 15.3. The molecule has 1 amide bonds. The van der Waals surface area contributed by atoms with Crippen molar-refractivity contribution >= 4 is 27.3 Å². The summed E-state index contributed by atoms with van der Waals surface area (Å²) in [5, 5.41) is 2.54. The summed E-state index contributed by atoms with van der Waals surface area (Å²) in [5.41, 5.74) is -0.883. The van der Waals surface area contributed by atoms with Gasteiger partial charge in [0.15, 0.2) is 0 Å². The van der Waals surface area contributed by atoms with Crippen LogP contribution in [-0.2, 0) is 21.0 Å². The first-order chi connectivity index (χ1) is 12.9. The van der Waals surface area contributed by atoms with Crippen molar-refractivity contribution in [2.75, 3.05) is 23.0 Å². The summed E-state index contributed by atoms with van der Waals surface area (Å²) in [6.45, 7) is 1.29. The van der Waals surface area contributed by atoms with Gasteiger partial charge in [0.2, 0.25) is 15.9 Å². The maximum absolute atomic E-state index is 13.0. The van der Waals surface area contributed by atoms with Gasteiger partial charge in [-0.3, -0.25) is 9.10 Å². The predicted octanol–water partition coefficient (Wildman–Crippen LogP) is 3.51. The van der Waals surface area contributed by atoms with Gasteiger partial charge in [0.25, 0.3) is 0 Å². The fourth-order valence-corrected chi connectivity index (χ4v) is 3.72. The minimum Gasteiger partial charge on any atom is -0.497 e. The zero-order valence-corrected chi connectivity index (χ0v) is 16.1. The molecule has 1 atom stereocenters. The molecule has 6 nitrogen and oxygen atoms in total. The largest absolute Gasteiger partial charge is 0.497 e. The molecule has 152 valence electrons. The third-order valence-electron chi connectivity index (χ3n) is 3.87. The number of nitrogens with zero attached hydrogens (tertiary/aromatic N) is 1. The number of anilines is 2. The summed E-state index contributed by atoms with van der Waals surface area (Å²) in [5.74, 6) is -0.138. The summed E-state index contributed by atoms with van der Waals surface area (Å²) in [6, 6.07) is 8.82. The van der Waals surface area contributed by atoms with E-state index in [4.69, 9.17) is 4.74 Å². The number of amides is 1. The number of rotatable bonds is 6. The number of hydrogen-bond donors (Lipinski definition) is 1. The number of alkyl halides is 3.